The van der Waals surface area contributed by atoms with E-state index in [4.69, 9.17) is 0 Å². The molecule has 1 aromatic rings. The summed E-state index contributed by atoms with van der Waals surface area (Å²) >= 11 is 0. The minimum absolute atomic E-state index is 0.0608. The fourth-order valence-corrected chi connectivity index (χ4v) is 4.99. The predicted molar refractivity (Wildman–Crippen MR) is 134 cm³/mol. The fraction of sp³-hybridized carbons (Fsp3) is 0.379. The lowest BCUT2D eigenvalue weighted by molar-refractivity contribution is -0.144. The number of carboxylic acid groups (broad SMARTS) is 1. The molecule has 1 saturated heterocycles. The van der Waals surface area contributed by atoms with Crippen LogP contribution in [0.2, 0.25) is 0 Å². The van der Waals surface area contributed by atoms with Crippen LogP contribution in [0.25, 0.3) is 5.57 Å². The highest BCUT2D eigenvalue weighted by atomic mass is 16.4. The van der Waals surface area contributed by atoms with E-state index in [9.17, 15) is 15.2 Å². The zero-order valence-corrected chi connectivity index (χ0v) is 19.6. The van der Waals surface area contributed by atoms with Crippen LogP contribution in [0.1, 0.15) is 38.2 Å². The van der Waals surface area contributed by atoms with E-state index in [1.54, 1.807) is 0 Å². The summed E-state index contributed by atoms with van der Waals surface area (Å²) in [5.74, 6) is 6.19. The number of nitrogens with one attached hydrogen (secondary N) is 1. The van der Waals surface area contributed by atoms with Crippen LogP contribution in [0, 0.1) is 35.0 Å². The molecule has 1 unspecified atom stereocenters. The van der Waals surface area contributed by atoms with Gasteiger partial charge in [-0.25, -0.2) is 0 Å². The Balaban J connectivity index is 1.46. The number of nitrogens with zero attached hydrogens (tertiary/aromatic N) is 2. The van der Waals surface area contributed by atoms with E-state index in [2.05, 4.69) is 47.2 Å². The van der Waals surface area contributed by atoms with Crippen molar-refractivity contribution in [3.63, 3.8) is 0 Å². The Hall–Kier alpha value is -3.54. The number of allylic oxidation sites excluding steroid dienone is 5. The molecule has 4 rings (SSSR count). The van der Waals surface area contributed by atoms with Gasteiger partial charge < -0.3 is 10.4 Å². The topological polar surface area (TPSA) is 76.4 Å². The molecule has 3 aliphatic rings. The number of nitriles is 1. The summed E-state index contributed by atoms with van der Waals surface area (Å²) in [7, 11) is 0. The summed E-state index contributed by atoms with van der Waals surface area (Å²) in [6.45, 7) is 4.36. The molecule has 3 atom stereocenters. The summed E-state index contributed by atoms with van der Waals surface area (Å²) in [6, 6.07) is 12.0. The van der Waals surface area contributed by atoms with Crippen LogP contribution in [0.5, 0.6) is 0 Å². The van der Waals surface area contributed by atoms with Crippen LogP contribution in [0.4, 0.5) is 0 Å². The molecule has 2 heterocycles. The van der Waals surface area contributed by atoms with Crippen molar-refractivity contribution in [2.45, 2.75) is 38.6 Å². The molecule has 5 nitrogen and oxygen atoms in total. The first-order valence-electron chi connectivity index (χ1n) is 12.0. The van der Waals surface area contributed by atoms with Crippen LogP contribution < -0.4 is 5.32 Å². The minimum Gasteiger partial charge on any atom is -0.480 e. The predicted octanol–water partition coefficient (Wildman–Crippen LogP) is 4.53. The second-order valence-electron chi connectivity index (χ2n) is 9.24. The fourth-order valence-electron chi connectivity index (χ4n) is 4.99. The van der Waals surface area contributed by atoms with Crippen LogP contribution in [-0.2, 0) is 4.79 Å². The van der Waals surface area contributed by atoms with Gasteiger partial charge in [0.2, 0.25) is 0 Å². The van der Waals surface area contributed by atoms with Gasteiger partial charge in [0.15, 0.2) is 0 Å². The van der Waals surface area contributed by atoms with Crippen LogP contribution in [-0.4, -0.2) is 41.7 Å². The van der Waals surface area contributed by atoms with Crippen LogP contribution >= 0.6 is 0 Å². The molecular weight excluding hydrogens is 422 g/mol. The van der Waals surface area contributed by atoms with E-state index in [-0.39, 0.29) is 5.92 Å². The number of hydrogen-bond donors (Lipinski definition) is 2. The maximum Gasteiger partial charge on any atom is 0.320 e. The average Bonchev–Trinajstić information content (AvgIpc) is 3.03. The lowest BCUT2D eigenvalue weighted by atomic mass is 9.88. The van der Waals surface area contributed by atoms with E-state index in [1.165, 1.54) is 5.57 Å². The molecule has 0 saturated carbocycles. The normalized spacial score (nSPS) is 25.4. The number of carbonyl (C=O) groups is 1. The van der Waals surface area contributed by atoms with Crippen LogP contribution in [0.15, 0.2) is 71.5 Å². The maximum atomic E-state index is 11.7. The summed E-state index contributed by atoms with van der Waals surface area (Å²) in [5.41, 5.74) is 4.67. The molecule has 0 bridgehead atoms. The maximum absolute atomic E-state index is 11.7. The van der Waals surface area contributed by atoms with E-state index < -0.39 is 12.0 Å². The Kier molecular flexibility index (Phi) is 7.68. The second kappa shape index (κ2) is 11.1. The summed E-state index contributed by atoms with van der Waals surface area (Å²) in [6.07, 6.45) is 11.7. The molecule has 0 spiro atoms. The van der Waals surface area contributed by atoms with Crippen molar-refractivity contribution >= 4 is 11.5 Å². The van der Waals surface area contributed by atoms with E-state index in [0.29, 0.717) is 24.6 Å². The molecule has 1 fully saturated rings. The van der Waals surface area contributed by atoms with Gasteiger partial charge in [0.05, 0.1) is 11.3 Å². The van der Waals surface area contributed by atoms with Gasteiger partial charge in [0, 0.05) is 19.0 Å². The number of dihydropyridines is 1. The van der Waals surface area contributed by atoms with Crippen molar-refractivity contribution in [3.8, 4) is 17.9 Å². The molecule has 1 aliphatic carbocycles. The van der Waals surface area contributed by atoms with Gasteiger partial charge in [-0.05, 0) is 60.6 Å². The molecular formula is C29H31N3O2. The lowest BCUT2D eigenvalue weighted by Crippen LogP contribution is -2.45. The standard InChI is InChI=1S/C29H31N3O2/c1-21-18-22(20-32-17-6-5-12-28(32)29(33)34)8-7-11-23(21)13-14-27-26(19-30)25(15-16-31-27)24-9-3-2-4-10-24/h2-4,8-10,13-15,21,23,28,31H,5-6,12,16-18,20H2,1H3,(H,33,34)/b14-13+/t21-,23?,28+/m0/s1. The Morgan fingerprint density at radius 2 is 2.15 bits per heavy atom. The summed E-state index contributed by atoms with van der Waals surface area (Å²) in [5, 5.41) is 22.8. The van der Waals surface area contributed by atoms with Crippen LogP contribution in [0.3, 0.4) is 0 Å². The summed E-state index contributed by atoms with van der Waals surface area (Å²) in [4.78, 5) is 13.7. The average molecular weight is 454 g/mol. The zero-order chi connectivity index (χ0) is 23.9. The third-order valence-corrected chi connectivity index (χ3v) is 6.83. The number of likely N-dealkylation sites (tertiary alicyclic amines) is 1. The first-order chi connectivity index (χ1) is 16.6. The van der Waals surface area contributed by atoms with Crippen molar-refractivity contribution in [3.05, 3.63) is 77.0 Å². The van der Waals surface area contributed by atoms with E-state index >= 15 is 0 Å². The van der Waals surface area contributed by atoms with Crippen molar-refractivity contribution in [2.75, 3.05) is 19.6 Å². The number of aliphatic carboxylic acids is 1. The third kappa shape index (κ3) is 5.50. The van der Waals surface area contributed by atoms with Gasteiger partial charge in [-0.3, -0.25) is 9.69 Å². The molecule has 174 valence electrons. The molecule has 0 aromatic heterocycles. The molecule has 1 aromatic carbocycles. The number of benzene rings is 1. The van der Waals surface area contributed by atoms with Crippen molar-refractivity contribution in [1.29, 1.82) is 5.26 Å². The minimum atomic E-state index is -0.723. The molecule has 34 heavy (non-hydrogen) atoms. The lowest BCUT2D eigenvalue weighted by Gasteiger charge is -2.33. The Bertz CT molecular complexity index is 1140. The number of carboxylic acids is 1. The highest BCUT2D eigenvalue weighted by molar-refractivity contribution is 5.85. The first-order valence-corrected chi connectivity index (χ1v) is 12.0. The number of hydrogen-bond acceptors (Lipinski definition) is 4. The van der Waals surface area contributed by atoms with Gasteiger partial charge in [-0.2, -0.15) is 5.26 Å². The monoisotopic (exact) mass is 453 g/mol. The molecule has 0 amide bonds. The quantitative estimate of drug-likeness (QED) is 0.619. The van der Waals surface area contributed by atoms with E-state index in [0.717, 1.165) is 49.1 Å². The SMILES string of the molecule is C[C@H]1CC(CN2CCCC[C@@H]2C(=O)O)=CC#CC1/C=C/C1=C(C#N)C(c2ccccc2)=CCN1. The van der Waals surface area contributed by atoms with Crippen molar-refractivity contribution in [1.82, 2.24) is 10.2 Å². The first kappa shape index (κ1) is 23.6. The third-order valence-electron chi connectivity index (χ3n) is 6.83. The van der Waals surface area contributed by atoms with Gasteiger partial charge in [-0.1, -0.05) is 67.7 Å². The van der Waals surface area contributed by atoms with Crippen molar-refractivity contribution in [2.24, 2.45) is 11.8 Å². The highest BCUT2D eigenvalue weighted by Crippen LogP contribution is 2.29. The van der Waals surface area contributed by atoms with Gasteiger partial charge in [0.25, 0.3) is 0 Å². The molecule has 0 radical (unpaired) electrons. The second-order valence-corrected chi connectivity index (χ2v) is 9.24. The molecule has 2 aliphatic heterocycles. The highest BCUT2D eigenvalue weighted by Gasteiger charge is 2.29. The Morgan fingerprint density at radius 3 is 2.91 bits per heavy atom. The molecule has 5 heteroatoms. The summed E-state index contributed by atoms with van der Waals surface area (Å²) < 4.78 is 0. The van der Waals surface area contributed by atoms with Gasteiger partial charge in [0.1, 0.15) is 12.1 Å². The Labute approximate surface area is 202 Å². The van der Waals surface area contributed by atoms with Crippen molar-refractivity contribution < 1.29 is 9.90 Å². The smallest absolute Gasteiger partial charge is 0.320 e. The number of rotatable bonds is 6. The van der Waals surface area contributed by atoms with E-state index in [1.807, 2.05) is 42.5 Å². The molecule has 2 N–H and O–H groups in total. The largest absolute Gasteiger partial charge is 0.480 e. The van der Waals surface area contributed by atoms with Gasteiger partial charge >= 0.3 is 5.97 Å². The number of piperidine rings is 1. The van der Waals surface area contributed by atoms with Gasteiger partial charge in [-0.15, -0.1) is 0 Å². The zero-order valence-electron chi connectivity index (χ0n) is 19.6. The Morgan fingerprint density at radius 1 is 1.32 bits per heavy atom.